The second-order valence-electron chi connectivity index (χ2n) is 7.24. The lowest BCUT2D eigenvalue weighted by Crippen LogP contribution is -2.49. The predicted molar refractivity (Wildman–Crippen MR) is 121 cm³/mol. The van der Waals surface area contributed by atoms with Gasteiger partial charge in [-0.2, -0.15) is 0 Å². The Morgan fingerprint density at radius 1 is 1.03 bits per heavy atom. The number of rotatable bonds is 11. The highest BCUT2D eigenvalue weighted by Crippen LogP contribution is 2.18. The van der Waals surface area contributed by atoms with Crippen molar-refractivity contribution < 1.29 is 14.3 Å². The van der Waals surface area contributed by atoms with E-state index in [9.17, 15) is 9.59 Å². The number of halogens is 1. The van der Waals surface area contributed by atoms with Crippen LogP contribution in [0.4, 0.5) is 0 Å². The first-order valence-corrected chi connectivity index (χ1v) is 10.8. The lowest BCUT2D eigenvalue weighted by Gasteiger charge is -2.31. The van der Waals surface area contributed by atoms with Gasteiger partial charge in [0.25, 0.3) is 0 Å². The Kier molecular flexibility index (Phi) is 9.68. The molecule has 5 nitrogen and oxygen atoms in total. The first-order valence-electron chi connectivity index (χ1n) is 10.4. The number of methoxy groups -OCH3 is 1. The van der Waals surface area contributed by atoms with Crippen LogP contribution in [0.1, 0.15) is 44.2 Å². The fourth-order valence-corrected chi connectivity index (χ4v) is 3.36. The van der Waals surface area contributed by atoms with Crippen LogP contribution < -0.4 is 10.1 Å². The average molecular weight is 431 g/mol. The second-order valence-corrected chi connectivity index (χ2v) is 7.68. The maximum Gasteiger partial charge on any atom is 0.242 e. The molecule has 0 heterocycles. The van der Waals surface area contributed by atoms with Crippen LogP contribution in [0, 0.1) is 0 Å². The van der Waals surface area contributed by atoms with E-state index in [-0.39, 0.29) is 18.2 Å². The molecule has 0 spiro atoms. The summed E-state index contributed by atoms with van der Waals surface area (Å²) in [6.07, 6.45) is 2.67. The monoisotopic (exact) mass is 430 g/mol. The number of ether oxygens (including phenoxy) is 1. The van der Waals surface area contributed by atoms with Crippen molar-refractivity contribution in [1.29, 1.82) is 0 Å². The molecule has 0 fully saturated rings. The molecule has 1 N–H and O–H groups in total. The van der Waals surface area contributed by atoms with Gasteiger partial charge in [-0.15, -0.1) is 0 Å². The van der Waals surface area contributed by atoms with Crippen molar-refractivity contribution in [2.24, 2.45) is 0 Å². The van der Waals surface area contributed by atoms with Gasteiger partial charge in [0.05, 0.1) is 13.5 Å². The minimum atomic E-state index is -0.524. The molecule has 0 aliphatic heterocycles. The lowest BCUT2D eigenvalue weighted by molar-refractivity contribution is -0.140. The molecule has 2 rings (SSSR count). The van der Waals surface area contributed by atoms with Gasteiger partial charge in [-0.05, 0) is 48.2 Å². The summed E-state index contributed by atoms with van der Waals surface area (Å²) in [7, 11) is 1.62. The molecular weight excluding hydrogens is 400 g/mol. The molecule has 2 aromatic rings. The predicted octanol–water partition coefficient (Wildman–Crippen LogP) is 4.61. The number of nitrogens with one attached hydrogen (secondary N) is 1. The zero-order chi connectivity index (χ0) is 21.9. The summed E-state index contributed by atoms with van der Waals surface area (Å²) < 4.78 is 5.22. The smallest absolute Gasteiger partial charge is 0.242 e. The number of carbonyl (C=O) groups excluding carboxylic acids is 2. The number of benzene rings is 2. The molecule has 6 heteroatoms. The molecule has 1 unspecified atom stereocenters. The number of unbranched alkanes of at least 4 members (excludes halogenated alkanes) is 1. The fraction of sp³-hybridized carbons (Fsp3) is 0.417. The summed E-state index contributed by atoms with van der Waals surface area (Å²) in [4.78, 5) is 27.8. The van der Waals surface area contributed by atoms with E-state index >= 15 is 0 Å². The van der Waals surface area contributed by atoms with E-state index in [1.54, 1.807) is 24.1 Å². The number of amides is 2. The van der Waals surface area contributed by atoms with Gasteiger partial charge in [0.2, 0.25) is 11.8 Å². The first kappa shape index (κ1) is 23.7. The molecular formula is C24H31ClN2O3. The largest absolute Gasteiger partial charge is 0.497 e. The van der Waals surface area contributed by atoms with Crippen molar-refractivity contribution in [2.75, 3.05) is 13.7 Å². The fourth-order valence-electron chi connectivity index (χ4n) is 3.23. The second kappa shape index (κ2) is 12.2. The van der Waals surface area contributed by atoms with Gasteiger partial charge in [0, 0.05) is 18.1 Å². The molecule has 1 atom stereocenters. The maximum absolute atomic E-state index is 13.2. The molecule has 2 aromatic carbocycles. The van der Waals surface area contributed by atoms with Gasteiger partial charge in [-0.1, -0.05) is 56.1 Å². The molecule has 0 bridgehead atoms. The lowest BCUT2D eigenvalue weighted by atomic mass is 10.1. The van der Waals surface area contributed by atoms with Gasteiger partial charge in [0.1, 0.15) is 11.8 Å². The van der Waals surface area contributed by atoms with Gasteiger partial charge in [0.15, 0.2) is 0 Å². The summed E-state index contributed by atoms with van der Waals surface area (Å²) in [5.74, 6) is 0.552. The summed E-state index contributed by atoms with van der Waals surface area (Å²) in [6.45, 7) is 4.99. The van der Waals surface area contributed by atoms with Crippen molar-refractivity contribution in [3.8, 4) is 5.75 Å². The SMILES string of the molecule is CCCCNC(=O)C(CC)N(Cc1ccc(OC)cc1)C(=O)Cc1ccc(Cl)cc1. The Hall–Kier alpha value is -2.53. The van der Waals surface area contributed by atoms with Crippen LogP contribution in [0.3, 0.4) is 0 Å². The van der Waals surface area contributed by atoms with Crippen LogP contribution >= 0.6 is 11.6 Å². The molecule has 162 valence electrons. The van der Waals surface area contributed by atoms with E-state index in [2.05, 4.69) is 12.2 Å². The number of carbonyl (C=O) groups is 2. The minimum Gasteiger partial charge on any atom is -0.497 e. The summed E-state index contributed by atoms with van der Waals surface area (Å²) in [5, 5.41) is 3.60. The third kappa shape index (κ3) is 7.06. The molecule has 0 radical (unpaired) electrons. The Bertz CT molecular complexity index is 806. The van der Waals surface area contributed by atoms with E-state index in [0.29, 0.717) is 24.5 Å². The van der Waals surface area contributed by atoms with Crippen LogP contribution in [-0.2, 0) is 22.6 Å². The third-order valence-electron chi connectivity index (χ3n) is 5.00. The van der Waals surface area contributed by atoms with Gasteiger partial charge in [-0.3, -0.25) is 9.59 Å². The van der Waals surface area contributed by atoms with Crippen LogP contribution in [0.5, 0.6) is 5.75 Å². The average Bonchev–Trinajstić information content (AvgIpc) is 2.75. The van der Waals surface area contributed by atoms with Crippen LogP contribution in [-0.4, -0.2) is 36.4 Å². The molecule has 0 saturated carbocycles. The minimum absolute atomic E-state index is 0.0920. The van der Waals surface area contributed by atoms with Gasteiger partial charge < -0.3 is 15.0 Å². The molecule has 0 saturated heterocycles. The topological polar surface area (TPSA) is 58.6 Å². The van der Waals surface area contributed by atoms with Crippen molar-refractivity contribution in [2.45, 2.75) is 52.1 Å². The van der Waals surface area contributed by atoms with Crippen LogP contribution in [0.25, 0.3) is 0 Å². The Morgan fingerprint density at radius 2 is 1.67 bits per heavy atom. The Labute approximate surface area is 184 Å². The summed E-state index contributed by atoms with van der Waals surface area (Å²) >= 11 is 5.96. The standard InChI is InChI=1S/C24H31ClN2O3/c1-4-6-15-26-24(29)22(5-2)27(17-19-9-13-21(30-3)14-10-19)23(28)16-18-7-11-20(25)12-8-18/h7-14,22H,4-6,15-17H2,1-3H3,(H,26,29). The van der Waals surface area contributed by atoms with Gasteiger partial charge >= 0.3 is 0 Å². The van der Waals surface area contributed by atoms with E-state index < -0.39 is 6.04 Å². The van der Waals surface area contributed by atoms with Crippen molar-refractivity contribution in [3.05, 3.63) is 64.7 Å². The normalized spacial score (nSPS) is 11.6. The third-order valence-corrected chi connectivity index (χ3v) is 5.25. The molecule has 2 amide bonds. The zero-order valence-electron chi connectivity index (χ0n) is 18.0. The molecule has 30 heavy (non-hydrogen) atoms. The first-order chi connectivity index (χ1) is 14.5. The van der Waals surface area contributed by atoms with E-state index in [4.69, 9.17) is 16.3 Å². The van der Waals surface area contributed by atoms with E-state index in [1.807, 2.05) is 43.3 Å². The Balaban J connectivity index is 2.22. The van der Waals surface area contributed by atoms with Crippen LogP contribution in [0.2, 0.25) is 5.02 Å². The molecule has 0 aliphatic carbocycles. The van der Waals surface area contributed by atoms with Crippen molar-refractivity contribution >= 4 is 23.4 Å². The van der Waals surface area contributed by atoms with Crippen molar-refractivity contribution in [1.82, 2.24) is 10.2 Å². The number of nitrogens with zero attached hydrogens (tertiary/aromatic N) is 1. The number of hydrogen-bond donors (Lipinski definition) is 1. The highest BCUT2D eigenvalue weighted by molar-refractivity contribution is 6.30. The molecule has 0 aliphatic rings. The summed E-state index contributed by atoms with van der Waals surface area (Å²) in [5.41, 5.74) is 1.81. The zero-order valence-corrected chi connectivity index (χ0v) is 18.7. The van der Waals surface area contributed by atoms with E-state index in [0.717, 1.165) is 29.7 Å². The quantitative estimate of drug-likeness (QED) is 0.529. The molecule has 0 aromatic heterocycles. The van der Waals surface area contributed by atoms with Crippen molar-refractivity contribution in [3.63, 3.8) is 0 Å². The maximum atomic E-state index is 13.2. The highest BCUT2D eigenvalue weighted by Gasteiger charge is 2.28. The highest BCUT2D eigenvalue weighted by atomic mass is 35.5. The number of hydrogen-bond acceptors (Lipinski definition) is 3. The van der Waals surface area contributed by atoms with Gasteiger partial charge in [-0.25, -0.2) is 0 Å². The Morgan fingerprint density at radius 3 is 2.23 bits per heavy atom. The summed E-state index contributed by atoms with van der Waals surface area (Å²) in [6, 6.07) is 14.3. The van der Waals surface area contributed by atoms with Crippen LogP contribution in [0.15, 0.2) is 48.5 Å². The van der Waals surface area contributed by atoms with E-state index in [1.165, 1.54) is 0 Å².